The number of carbonyl (C=O) groups is 4. The molecule has 0 radical (unpaired) electrons. The third kappa shape index (κ3) is 3.41. The van der Waals surface area contributed by atoms with E-state index >= 15 is 0 Å². The zero-order valence-corrected chi connectivity index (χ0v) is 13.3. The third-order valence-electron chi connectivity index (χ3n) is 3.63. The second kappa shape index (κ2) is 7.30. The molecular formula is C17H10N2O8. The monoisotopic (exact) mass is 370 g/mol. The highest BCUT2D eigenvalue weighted by atomic mass is 16.4. The van der Waals surface area contributed by atoms with Gasteiger partial charge in [0.15, 0.2) is 0 Å². The van der Waals surface area contributed by atoms with E-state index in [0.29, 0.717) is 0 Å². The van der Waals surface area contributed by atoms with Crippen molar-refractivity contribution in [3.63, 3.8) is 0 Å². The maximum Gasteiger partial charge on any atom is 0.337 e. The summed E-state index contributed by atoms with van der Waals surface area (Å²) < 4.78 is 0. The van der Waals surface area contributed by atoms with E-state index in [1.54, 1.807) is 0 Å². The van der Waals surface area contributed by atoms with Gasteiger partial charge in [-0.2, -0.15) is 4.79 Å². The molecule has 0 spiro atoms. The molecule has 0 bridgehead atoms. The Hall–Kier alpha value is -4.30. The minimum atomic E-state index is -1.66. The van der Waals surface area contributed by atoms with Crippen molar-refractivity contribution < 1.29 is 44.4 Å². The van der Waals surface area contributed by atoms with Crippen LogP contribution in [0.2, 0.25) is 0 Å². The molecule has 10 heteroatoms. The lowest BCUT2D eigenvalue weighted by Crippen LogP contribution is -2.20. The van der Waals surface area contributed by atoms with Gasteiger partial charge in [0.1, 0.15) is 0 Å². The van der Waals surface area contributed by atoms with Crippen LogP contribution in [0.3, 0.4) is 0 Å². The SMILES string of the molecule is [N-]=[N+]=C(c1cccc(C(=O)O)c1C(=O)O)c1cccc(C(=O)O)c1C(=O)O. The lowest BCUT2D eigenvalue weighted by molar-refractivity contribution is -0.00309. The molecular weight excluding hydrogens is 360 g/mol. The fourth-order valence-corrected chi connectivity index (χ4v) is 2.57. The lowest BCUT2D eigenvalue weighted by Gasteiger charge is -2.09. The molecule has 0 aliphatic carbocycles. The summed E-state index contributed by atoms with van der Waals surface area (Å²) in [6.07, 6.45) is 0. The van der Waals surface area contributed by atoms with Crippen LogP contribution in [0.1, 0.15) is 52.6 Å². The summed E-state index contributed by atoms with van der Waals surface area (Å²) in [5.74, 6) is -6.45. The largest absolute Gasteiger partial charge is 0.478 e. The predicted octanol–water partition coefficient (Wildman–Crippen LogP) is 1.55. The third-order valence-corrected chi connectivity index (χ3v) is 3.63. The van der Waals surface area contributed by atoms with Crippen LogP contribution in [0.15, 0.2) is 36.4 Å². The van der Waals surface area contributed by atoms with Crippen LogP contribution in [0, 0.1) is 0 Å². The zero-order chi connectivity index (χ0) is 20.3. The van der Waals surface area contributed by atoms with Crippen LogP contribution in [-0.4, -0.2) is 54.8 Å². The van der Waals surface area contributed by atoms with Gasteiger partial charge >= 0.3 is 29.6 Å². The molecule has 0 saturated heterocycles. The molecule has 0 aliphatic heterocycles. The van der Waals surface area contributed by atoms with E-state index in [1.165, 1.54) is 12.1 Å². The van der Waals surface area contributed by atoms with Crippen LogP contribution in [0.5, 0.6) is 0 Å². The summed E-state index contributed by atoms with van der Waals surface area (Å²) in [4.78, 5) is 48.7. The van der Waals surface area contributed by atoms with Crippen molar-refractivity contribution in [3.05, 3.63) is 75.3 Å². The smallest absolute Gasteiger partial charge is 0.337 e. The maximum atomic E-state index is 11.6. The highest BCUT2D eigenvalue weighted by Gasteiger charge is 2.32. The minimum absolute atomic E-state index is 0.394. The molecule has 0 atom stereocenters. The number of carboxylic acids is 4. The molecule has 2 aromatic carbocycles. The van der Waals surface area contributed by atoms with Gasteiger partial charge in [-0.3, -0.25) is 0 Å². The fourth-order valence-electron chi connectivity index (χ4n) is 2.57. The topological polar surface area (TPSA) is 186 Å². The number of hydrogen-bond acceptors (Lipinski definition) is 4. The molecule has 27 heavy (non-hydrogen) atoms. The van der Waals surface area contributed by atoms with Crippen LogP contribution >= 0.6 is 0 Å². The van der Waals surface area contributed by atoms with E-state index in [0.717, 1.165) is 24.3 Å². The van der Waals surface area contributed by atoms with E-state index in [4.69, 9.17) is 0 Å². The van der Waals surface area contributed by atoms with Crippen molar-refractivity contribution in [1.29, 1.82) is 0 Å². The molecule has 136 valence electrons. The van der Waals surface area contributed by atoms with Crippen LogP contribution < -0.4 is 0 Å². The average Bonchev–Trinajstić information content (AvgIpc) is 2.61. The van der Waals surface area contributed by atoms with Gasteiger partial charge in [0, 0.05) is 0 Å². The van der Waals surface area contributed by atoms with Crippen molar-refractivity contribution in [2.75, 3.05) is 0 Å². The van der Waals surface area contributed by atoms with Crippen molar-refractivity contribution in [1.82, 2.24) is 0 Å². The van der Waals surface area contributed by atoms with E-state index in [2.05, 4.69) is 4.79 Å². The van der Waals surface area contributed by atoms with Gasteiger partial charge in [0.2, 0.25) is 0 Å². The summed E-state index contributed by atoms with van der Waals surface area (Å²) >= 11 is 0. The number of aromatic carboxylic acids is 4. The summed E-state index contributed by atoms with van der Waals surface area (Å²) in [6, 6.07) is 6.61. The zero-order valence-electron chi connectivity index (χ0n) is 13.3. The van der Waals surface area contributed by atoms with Crippen molar-refractivity contribution >= 4 is 29.6 Å². The first kappa shape index (κ1) is 19.0. The highest BCUT2D eigenvalue weighted by molar-refractivity contribution is 6.21. The molecule has 0 amide bonds. The Morgan fingerprint density at radius 3 is 1.22 bits per heavy atom. The Balaban J connectivity index is 2.92. The van der Waals surface area contributed by atoms with Crippen LogP contribution in [-0.2, 0) is 0 Å². The first-order valence-corrected chi connectivity index (χ1v) is 7.12. The second-order valence-corrected chi connectivity index (χ2v) is 5.13. The van der Waals surface area contributed by atoms with Gasteiger partial charge in [0.05, 0.1) is 33.4 Å². The molecule has 0 saturated carbocycles. The Bertz CT molecular complexity index is 973. The van der Waals surface area contributed by atoms with Crippen molar-refractivity contribution in [2.24, 2.45) is 0 Å². The summed E-state index contributed by atoms with van der Waals surface area (Å²) in [5, 5.41) is 37.2. The molecule has 2 aromatic rings. The van der Waals surface area contributed by atoms with Gasteiger partial charge in [-0.05, 0) is 24.3 Å². The molecule has 10 nitrogen and oxygen atoms in total. The Labute approximate surface area is 150 Å². The normalized spacial score (nSPS) is 9.93. The predicted molar refractivity (Wildman–Crippen MR) is 87.6 cm³/mol. The molecule has 0 aromatic heterocycles. The number of hydrogen-bond donors (Lipinski definition) is 4. The Kier molecular flexibility index (Phi) is 5.14. The number of nitrogens with zero attached hydrogens (tertiary/aromatic N) is 2. The quantitative estimate of drug-likeness (QED) is 0.335. The van der Waals surface area contributed by atoms with Crippen LogP contribution in [0.4, 0.5) is 0 Å². The van der Waals surface area contributed by atoms with Gasteiger partial charge < -0.3 is 26.0 Å². The highest BCUT2D eigenvalue weighted by Crippen LogP contribution is 2.23. The van der Waals surface area contributed by atoms with E-state index in [9.17, 15) is 45.1 Å². The molecule has 0 fully saturated rings. The Morgan fingerprint density at radius 1 is 0.630 bits per heavy atom. The minimum Gasteiger partial charge on any atom is -0.478 e. The maximum absolute atomic E-state index is 11.6. The summed E-state index contributed by atoms with van der Waals surface area (Å²) in [7, 11) is 0. The fraction of sp³-hybridized carbons (Fsp3) is 0. The van der Waals surface area contributed by atoms with E-state index in [-0.39, 0.29) is 0 Å². The average molecular weight is 370 g/mol. The summed E-state index contributed by atoms with van der Waals surface area (Å²) in [5.41, 5.74) is 5.31. The van der Waals surface area contributed by atoms with E-state index in [1.807, 2.05) is 0 Å². The van der Waals surface area contributed by atoms with E-state index < -0.39 is 63.0 Å². The molecule has 0 aliphatic rings. The van der Waals surface area contributed by atoms with Crippen molar-refractivity contribution in [3.8, 4) is 0 Å². The Morgan fingerprint density at radius 2 is 0.963 bits per heavy atom. The van der Waals surface area contributed by atoms with Crippen molar-refractivity contribution in [2.45, 2.75) is 0 Å². The molecule has 4 N–H and O–H groups in total. The molecule has 0 unspecified atom stereocenters. The van der Waals surface area contributed by atoms with Crippen LogP contribution in [0.25, 0.3) is 5.53 Å². The van der Waals surface area contributed by atoms with Gasteiger partial charge in [-0.15, -0.1) is 0 Å². The first-order valence-electron chi connectivity index (χ1n) is 7.12. The number of carboxylic acid groups (broad SMARTS) is 4. The standard InChI is InChI=1S/C17H10N2O8/c18-19-13(7-3-1-5-9(14(20)21)11(7)16(24)25)8-4-2-6-10(15(22)23)12(8)17(26)27/h1-6H,(H,20,21)(H,22,23)(H,24,25)(H,26,27). The van der Waals surface area contributed by atoms with Gasteiger partial charge in [0.25, 0.3) is 0 Å². The number of rotatable bonds is 6. The molecule has 0 heterocycles. The first-order chi connectivity index (χ1) is 12.7. The molecule has 2 rings (SSSR count). The van der Waals surface area contributed by atoms with Gasteiger partial charge in [-0.25, -0.2) is 19.2 Å². The van der Waals surface area contributed by atoms with Gasteiger partial charge in [-0.1, -0.05) is 12.1 Å². The number of benzene rings is 2. The second-order valence-electron chi connectivity index (χ2n) is 5.13. The lowest BCUT2D eigenvalue weighted by atomic mass is 9.90. The summed E-state index contributed by atoms with van der Waals surface area (Å²) in [6.45, 7) is 0.